The number of hydrogen-bond donors (Lipinski definition) is 4. The van der Waals surface area contributed by atoms with E-state index in [4.69, 9.17) is 10.5 Å². The first-order valence-corrected chi connectivity index (χ1v) is 8.26. The molecule has 26 heavy (non-hydrogen) atoms. The fraction of sp³-hybridized carbons (Fsp3) is 0.250. The molecule has 3 heterocycles. The molecule has 0 radical (unpaired) electrons. The number of aliphatic hydroxyl groups is 1. The Morgan fingerprint density at radius 3 is 2.81 bits per heavy atom. The number of rotatable bonds is 0. The van der Waals surface area contributed by atoms with E-state index in [1.807, 2.05) is 12.1 Å². The number of nitrogens with two attached hydrogens (primary N) is 1. The molecule has 132 valence electrons. The summed E-state index contributed by atoms with van der Waals surface area (Å²) >= 11 is 0. The molecule has 0 aliphatic carbocycles. The van der Waals surface area contributed by atoms with Gasteiger partial charge in [0.05, 0.1) is 11.2 Å². The lowest BCUT2D eigenvalue weighted by Gasteiger charge is -2.34. The van der Waals surface area contributed by atoms with Crippen molar-refractivity contribution in [1.82, 2.24) is 10.3 Å². The number of fused-ring (bicyclic) bond motifs is 4. The standard InChI is InChI=1S/C20H19N3O3/c1-19(2,25)6-5-12-7-15-18(22-10-12)26-16-4-3-13(24)8-14(16)20(15)9-17(21)23-11-20/h3-4,7-10,23-25H,11,21H2,1-2H3/t20-/m1/s1. The first kappa shape index (κ1) is 16.3. The van der Waals surface area contributed by atoms with Gasteiger partial charge in [-0.15, -0.1) is 0 Å². The van der Waals surface area contributed by atoms with Gasteiger partial charge < -0.3 is 26.0 Å². The van der Waals surface area contributed by atoms with Gasteiger partial charge in [-0.1, -0.05) is 11.8 Å². The summed E-state index contributed by atoms with van der Waals surface area (Å²) in [5.41, 5.74) is 6.60. The molecule has 2 aliphatic rings. The van der Waals surface area contributed by atoms with Crippen LogP contribution in [0.1, 0.15) is 30.5 Å². The van der Waals surface area contributed by atoms with Crippen LogP contribution in [-0.2, 0) is 5.41 Å². The molecule has 0 amide bonds. The number of phenolic OH excluding ortho intramolecular Hbond substituents is 1. The van der Waals surface area contributed by atoms with E-state index in [0.717, 1.165) is 11.1 Å². The number of hydrogen-bond acceptors (Lipinski definition) is 6. The molecule has 1 aromatic carbocycles. The Balaban J connectivity index is 1.92. The number of ether oxygens (including phenoxy) is 1. The molecule has 0 fully saturated rings. The van der Waals surface area contributed by atoms with Gasteiger partial charge in [-0.25, -0.2) is 4.98 Å². The highest BCUT2D eigenvalue weighted by Gasteiger charge is 2.44. The summed E-state index contributed by atoms with van der Waals surface area (Å²) in [6.07, 6.45) is 3.54. The van der Waals surface area contributed by atoms with Gasteiger partial charge in [-0.05, 0) is 44.2 Å². The Labute approximate surface area is 151 Å². The van der Waals surface area contributed by atoms with E-state index < -0.39 is 11.0 Å². The summed E-state index contributed by atoms with van der Waals surface area (Å²) in [6.45, 7) is 3.77. The van der Waals surface area contributed by atoms with Crippen molar-refractivity contribution < 1.29 is 14.9 Å². The molecule has 2 aromatic rings. The maximum absolute atomic E-state index is 9.98. The van der Waals surface area contributed by atoms with E-state index in [9.17, 15) is 10.2 Å². The third-order valence-electron chi connectivity index (χ3n) is 4.47. The number of phenols is 1. The van der Waals surface area contributed by atoms with Gasteiger partial charge in [0.1, 0.15) is 17.1 Å². The van der Waals surface area contributed by atoms with Crippen LogP contribution in [-0.4, -0.2) is 27.3 Å². The maximum Gasteiger partial charge on any atom is 0.223 e. The number of nitrogens with zero attached hydrogens (tertiary/aromatic N) is 1. The van der Waals surface area contributed by atoms with Crippen LogP contribution < -0.4 is 15.8 Å². The van der Waals surface area contributed by atoms with E-state index in [1.54, 1.807) is 38.2 Å². The summed E-state index contributed by atoms with van der Waals surface area (Å²) in [5.74, 6) is 7.55. The van der Waals surface area contributed by atoms with Gasteiger partial charge in [-0.2, -0.15) is 0 Å². The number of nitrogens with one attached hydrogen (secondary N) is 1. The SMILES string of the molecule is CC(C)(O)C#Cc1cnc2c(c1)[C@@]1(C=C(N)NC1)c1cc(O)ccc1O2. The van der Waals surface area contributed by atoms with Crippen molar-refractivity contribution in [2.45, 2.75) is 24.9 Å². The summed E-state index contributed by atoms with van der Waals surface area (Å²) < 4.78 is 5.94. The van der Waals surface area contributed by atoms with Crippen LogP contribution in [0.5, 0.6) is 17.4 Å². The second-order valence-electron chi connectivity index (χ2n) is 7.09. The monoisotopic (exact) mass is 349 g/mol. The predicted octanol–water partition coefficient (Wildman–Crippen LogP) is 1.70. The zero-order valence-corrected chi connectivity index (χ0v) is 14.5. The third kappa shape index (κ3) is 2.63. The van der Waals surface area contributed by atoms with Crippen LogP contribution in [0, 0.1) is 11.8 Å². The summed E-state index contributed by atoms with van der Waals surface area (Å²) in [4.78, 5) is 4.42. The van der Waals surface area contributed by atoms with Crippen LogP contribution in [0.15, 0.2) is 42.4 Å². The number of pyridine rings is 1. The molecule has 4 rings (SSSR count). The number of benzene rings is 1. The Bertz CT molecular complexity index is 996. The quantitative estimate of drug-likeness (QED) is 0.540. The molecule has 1 aromatic heterocycles. The molecule has 0 bridgehead atoms. The van der Waals surface area contributed by atoms with Crippen molar-refractivity contribution in [3.05, 3.63) is 59.0 Å². The van der Waals surface area contributed by atoms with Gasteiger partial charge in [0.25, 0.3) is 0 Å². The molecule has 1 spiro atoms. The maximum atomic E-state index is 9.98. The molecule has 2 aliphatic heterocycles. The highest BCUT2D eigenvalue weighted by molar-refractivity contribution is 5.63. The highest BCUT2D eigenvalue weighted by Crippen LogP contribution is 2.50. The normalized spacial score (nSPS) is 20.2. The van der Waals surface area contributed by atoms with Crippen molar-refractivity contribution in [2.24, 2.45) is 5.73 Å². The third-order valence-corrected chi connectivity index (χ3v) is 4.47. The average molecular weight is 349 g/mol. The largest absolute Gasteiger partial charge is 0.508 e. The smallest absolute Gasteiger partial charge is 0.223 e. The second kappa shape index (κ2) is 5.41. The topological polar surface area (TPSA) is 101 Å². The van der Waals surface area contributed by atoms with Crippen LogP contribution in [0.2, 0.25) is 0 Å². The Morgan fingerprint density at radius 2 is 2.12 bits per heavy atom. The van der Waals surface area contributed by atoms with Crippen molar-refractivity contribution in [1.29, 1.82) is 0 Å². The van der Waals surface area contributed by atoms with Crippen molar-refractivity contribution >= 4 is 0 Å². The van der Waals surface area contributed by atoms with Crippen LogP contribution in [0.25, 0.3) is 0 Å². The number of aromatic nitrogens is 1. The van der Waals surface area contributed by atoms with Gasteiger partial charge in [0, 0.05) is 29.4 Å². The van der Waals surface area contributed by atoms with Crippen molar-refractivity contribution in [3.63, 3.8) is 0 Å². The zero-order valence-electron chi connectivity index (χ0n) is 14.5. The summed E-state index contributed by atoms with van der Waals surface area (Å²) in [6, 6.07) is 6.88. The van der Waals surface area contributed by atoms with Crippen molar-refractivity contribution in [2.75, 3.05) is 6.54 Å². The first-order chi connectivity index (χ1) is 12.3. The predicted molar refractivity (Wildman–Crippen MR) is 96.6 cm³/mol. The van der Waals surface area contributed by atoms with E-state index in [2.05, 4.69) is 22.1 Å². The second-order valence-corrected chi connectivity index (χ2v) is 7.09. The van der Waals surface area contributed by atoms with Gasteiger partial charge in [-0.3, -0.25) is 0 Å². The zero-order chi connectivity index (χ0) is 18.5. The molecule has 6 nitrogen and oxygen atoms in total. The van der Waals surface area contributed by atoms with Gasteiger partial charge in [0.2, 0.25) is 5.88 Å². The lowest BCUT2D eigenvalue weighted by molar-refractivity contribution is 0.143. The Morgan fingerprint density at radius 1 is 1.31 bits per heavy atom. The van der Waals surface area contributed by atoms with Crippen LogP contribution in [0.4, 0.5) is 0 Å². The van der Waals surface area contributed by atoms with Gasteiger partial charge >= 0.3 is 0 Å². The summed E-state index contributed by atoms with van der Waals surface area (Å²) in [5, 5.41) is 23.0. The van der Waals surface area contributed by atoms with Gasteiger partial charge in [0.15, 0.2) is 0 Å². The molecule has 1 atom stereocenters. The van der Waals surface area contributed by atoms with E-state index >= 15 is 0 Å². The van der Waals surface area contributed by atoms with Crippen LogP contribution >= 0.6 is 0 Å². The molecule has 0 unspecified atom stereocenters. The molecule has 0 saturated carbocycles. The minimum absolute atomic E-state index is 0.153. The fourth-order valence-corrected chi connectivity index (χ4v) is 3.31. The lowest BCUT2D eigenvalue weighted by Crippen LogP contribution is -2.34. The van der Waals surface area contributed by atoms with Crippen molar-refractivity contribution in [3.8, 4) is 29.2 Å². The first-order valence-electron chi connectivity index (χ1n) is 8.26. The minimum Gasteiger partial charge on any atom is -0.508 e. The average Bonchev–Trinajstić information content (AvgIpc) is 2.96. The minimum atomic E-state index is -1.10. The Kier molecular flexibility index (Phi) is 3.40. The van der Waals surface area contributed by atoms with E-state index in [0.29, 0.717) is 29.6 Å². The van der Waals surface area contributed by atoms with E-state index in [-0.39, 0.29) is 5.75 Å². The van der Waals surface area contributed by atoms with E-state index in [1.165, 1.54) is 0 Å². The summed E-state index contributed by atoms with van der Waals surface area (Å²) in [7, 11) is 0. The van der Waals surface area contributed by atoms with Crippen LogP contribution in [0.3, 0.4) is 0 Å². The molecule has 6 heteroatoms. The number of aromatic hydroxyl groups is 1. The highest BCUT2D eigenvalue weighted by atomic mass is 16.5. The molecular weight excluding hydrogens is 330 g/mol. The molecular formula is C20H19N3O3. The Hall–Kier alpha value is -3.17. The molecule has 5 N–H and O–H groups in total. The fourth-order valence-electron chi connectivity index (χ4n) is 3.31. The molecule has 0 saturated heterocycles. The lowest BCUT2D eigenvalue weighted by atomic mass is 9.73.